The molecular weight excluding hydrogens is 650 g/mol. The van der Waals surface area contributed by atoms with E-state index in [1.807, 2.05) is 92.7 Å². The van der Waals surface area contributed by atoms with Crippen LogP contribution in [0.25, 0.3) is 11.1 Å². The lowest BCUT2D eigenvalue weighted by atomic mass is 9.95. The Hall–Kier alpha value is -5.89. The highest BCUT2D eigenvalue weighted by Crippen LogP contribution is 2.44. The molecule has 0 bridgehead atoms. The summed E-state index contributed by atoms with van der Waals surface area (Å²) in [5, 5.41) is 16.4. The van der Waals surface area contributed by atoms with Gasteiger partial charge in [-0.15, -0.1) is 0 Å². The van der Waals surface area contributed by atoms with Crippen molar-refractivity contribution in [2.24, 2.45) is 0 Å². The minimum absolute atomic E-state index is 0.0953. The number of phenolic OH excluding ortho intramolecular Hbond substituents is 1. The van der Waals surface area contributed by atoms with E-state index in [2.05, 4.69) is 34.9 Å². The molecule has 0 saturated heterocycles. The quantitative estimate of drug-likeness (QED) is 0.150. The Bertz CT molecular complexity index is 2040. The fourth-order valence-corrected chi connectivity index (χ4v) is 7.79. The summed E-state index contributed by atoms with van der Waals surface area (Å²) >= 11 is 0. The third-order valence-corrected chi connectivity index (χ3v) is 10.3. The Morgan fingerprint density at radius 1 is 0.827 bits per heavy atom. The summed E-state index contributed by atoms with van der Waals surface area (Å²) in [7, 11) is 0. The predicted octanol–water partition coefficient (Wildman–Crippen LogP) is 6.77. The molecule has 5 aromatic carbocycles. The van der Waals surface area contributed by atoms with Crippen molar-refractivity contribution in [2.75, 3.05) is 13.2 Å². The van der Waals surface area contributed by atoms with Crippen LogP contribution < -0.4 is 10.6 Å². The molecule has 0 spiro atoms. The first-order chi connectivity index (χ1) is 25.2. The average Bonchev–Trinajstić information content (AvgIpc) is 3.39. The van der Waals surface area contributed by atoms with Crippen molar-refractivity contribution in [2.45, 2.75) is 57.7 Å². The van der Waals surface area contributed by atoms with Crippen LogP contribution in [-0.2, 0) is 40.1 Å². The Labute approximate surface area is 304 Å². The summed E-state index contributed by atoms with van der Waals surface area (Å²) in [6.07, 6.45) is 0.361. The van der Waals surface area contributed by atoms with Gasteiger partial charge in [0.15, 0.2) is 0 Å². The van der Waals surface area contributed by atoms with E-state index in [1.54, 1.807) is 17.0 Å². The predicted molar refractivity (Wildman–Crippen MR) is 201 cm³/mol. The lowest BCUT2D eigenvalue weighted by Gasteiger charge is -2.30. The zero-order chi connectivity index (χ0) is 36.2. The number of aromatic hydroxyl groups is 1. The molecule has 3 N–H and O–H groups in total. The summed E-state index contributed by atoms with van der Waals surface area (Å²) in [4.78, 5) is 43.0. The summed E-state index contributed by atoms with van der Waals surface area (Å²) in [5.74, 6) is -0.362. The third kappa shape index (κ3) is 7.56. The highest BCUT2D eigenvalue weighted by Gasteiger charge is 2.34. The van der Waals surface area contributed by atoms with Crippen LogP contribution in [0.3, 0.4) is 0 Å². The standard InChI is InChI=1S/C44H43N3O5/c1-28-20-34(48)21-29(2)39(28)24-33(45-44(51)52-27-40-37-18-10-8-16-35(37)36-17-9-11-19-38(36)40)26-47-25-32-15-7-6-14-31(32)23-41(43(47)50)46-42(49)22-30-12-4-3-5-13-30/h3-21,33,40-41,48H,22-27H2,1-2H3,(H,45,51)(H,46,49)/t33-,41+/m1/s1. The van der Waals surface area contributed by atoms with E-state index in [1.165, 1.54) is 0 Å². The topological polar surface area (TPSA) is 108 Å². The van der Waals surface area contributed by atoms with Crippen molar-refractivity contribution in [1.82, 2.24) is 15.5 Å². The number of hydrogen-bond donors (Lipinski definition) is 3. The van der Waals surface area contributed by atoms with Gasteiger partial charge in [-0.1, -0.05) is 103 Å². The van der Waals surface area contributed by atoms with Crippen LogP contribution in [0.5, 0.6) is 5.75 Å². The summed E-state index contributed by atoms with van der Waals surface area (Å²) in [6.45, 7) is 4.53. The van der Waals surface area contributed by atoms with Crippen LogP contribution in [-0.4, -0.2) is 53.1 Å². The molecule has 0 saturated carbocycles. The molecule has 2 atom stereocenters. The van der Waals surface area contributed by atoms with Gasteiger partial charge in [-0.25, -0.2) is 4.79 Å². The summed E-state index contributed by atoms with van der Waals surface area (Å²) in [5.41, 5.74) is 10.1. The van der Waals surface area contributed by atoms with Gasteiger partial charge in [0.25, 0.3) is 0 Å². The molecule has 5 aromatic rings. The number of phenols is 1. The molecular formula is C44H43N3O5. The third-order valence-electron chi connectivity index (χ3n) is 10.3. The molecule has 1 heterocycles. The Kier molecular flexibility index (Phi) is 10.1. The Morgan fingerprint density at radius 3 is 2.10 bits per heavy atom. The second kappa shape index (κ2) is 15.2. The van der Waals surface area contributed by atoms with Gasteiger partial charge < -0.3 is 25.4 Å². The zero-order valence-electron chi connectivity index (χ0n) is 29.5. The number of aryl methyl sites for hydroxylation is 2. The largest absolute Gasteiger partial charge is 0.508 e. The maximum Gasteiger partial charge on any atom is 0.407 e. The molecule has 264 valence electrons. The van der Waals surface area contributed by atoms with E-state index in [0.717, 1.165) is 55.6 Å². The van der Waals surface area contributed by atoms with Gasteiger partial charge in [-0.3, -0.25) is 9.59 Å². The molecule has 0 fully saturated rings. The first-order valence-corrected chi connectivity index (χ1v) is 17.8. The summed E-state index contributed by atoms with van der Waals surface area (Å²) in [6, 6.07) is 35.9. The van der Waals surface area contributed by atoms with Gasteiger partial charge in [-0.2, -0.15) is 0 Å². The fraction of sp³-hybridized carbons (Fsp3) is 0.250. The molecule has 52 heavy (non-hydrogen) atoms. The van der Waals surface area contributed by atoms with Crippen molar-refractivity contribution in [3.63, 3.8) is 0 Å². The Morgan fingerprint density at radius 2 is 1.42 bits per heavy atom. The normalized spacial score (nSPS) is 15.5. The molecule has 7 rings (SSSR count). The van der Waals surface area contributed by atoms with E-state index >= 15 is 0 Å². The minimum atomic E-state index is -0.771. The molecule has 0 aromatic heterocycles. The second-order valence-electron chi connectivity index (χ2n) is 13.9. The second-order valence-corrected chi connectivity index (χ2v) is 13.9. The molecule has 3 amide bonds. The fourth-order valence-electron chi connectivity index (χ4n) is 7.79. The molecule has 0 radical (unpaired) electrons. The lowest BCUT2D eigenvalue weighted by molar-refractivity contribution is -0.136. The van der Waals surface area contributed by atoms with E-state index in [0.29, 0.717) is 19.4 Å². The van der Waals surface area contributed by atoms with Gasteiger partial charge >= 0.3 is 6.09 Å². The van der Waals surface area contributed by atoms with E-state index in [9.17, 15) is 19.5 Å². The molecule has 8 nitrogen and oxygen atoms in total. The molecule has 1 aliphatic carbocycles. The maximum atomic E-state index is 14.3. The number of ether oxygens (including phenoxy) is 1. The van der Waals surface area contributed by atoms with Crippen LogP contribution in [0.1, 0.15) is 50.4 Å². The monoisotopic (exact) mass is 693 g/mol. The SMILES string of the molecule is Cc1cc(O)cc(C)c1C[C@H](CN1Cc2ccccc2C[C@H](NC(=O)Cc2ccccc2)C1=O)NC(=O)OCC1c2ccccc2-c2ccccc21. The van der Waals surface area contributed by atoms with Crippen molar-refractivity contribution in [1.29, 1.82) is 0 Å². The lowest BCUT2D eigenvalue weighted by Crippen LogP contribution is -2.52. The number of hydrogen-bond acceptors (Lipinski definition) is 5. The number of nitrogens with zero attached hydrogens (tertiary/aromatic N) is 1. The smallest absolute Gasteiger partial charge is 0.407 e. The summed E-state index contributed by atoms with van der Waals surface area (Å²) < 4.78 is 5.96. The number of alkyl carbamates (subject to hydrolysis) is 1. The highest BCUT2D eigenvalue weighted by atomic mass is 16.5. The van der Waals surface area contributed by atoms with E-state index in [4.69, 9.17) is 4.74 Å². The molecule has 2 aliphatic rings. The number of benzene rings is 5. The van der Waals surface area contributed by atoms with Gasteiger partial charge in [0.05, 0.1) is 12.5 Å². The number of nitrogens with one attached hydrogen (secondary N) is 2. The van der Waals surface area contributed by atoms with Gasteiger partial charge in [0.2, 0.25) is 11.8 Å². The number of rotatable bonds is 10. The number of fused-ring (bicyclic) bond motifs is 4. The van der Waals surface area contributed by atoms with Crippen molar-refractivity contribution < 1.29 is 24.2 Å². The highest BCUT2D eigenvalue weighted by molar-refractivity contribution is 5.89. The van der Waals surface area contributed by atoms with E-state index in [-0.39, 0.29) is 43.1 Å². The van der Waals surface area contributed by atoms with Crippen molar-refractivity contribution in [3.05, 3.63) is 160 Å². The van der Waals surface area contributed by atoms with Crippen LogP contribution >= 0.6 is 0 Å². The van der Waals surface area contributed by atoms with Crippen molar-refractivity contribution in [3.8, 4) is 16.9 Å². The van der Waals surface area contributed by atoms with Gasteiger partial charge in [0.1, 0.15) is 18.4 Å². The van der Waals surface area contributed by atoms with Gasteiger partial charge in [-0.05, 0) is 88.0 Å². The first kappa shape index (κ1) is 34.6. The Balaban J connectivity index is 1.12. The van der Waals surface area contributed by atoms with Crippen LogP contribution in [0.4, 0.5) is 4.79 Å². The van der Waals surface area contributed by atoms with Gasteiger partial charge in [0, 0.05) is 25.4 Å². The zero-order valence-corrected chi connectivity index (χ0v) is 29.5. The number of carbonyl (C=O) groups is 3. The number of carbonyl (C=O) groups excluding carboxylic acids is 3. The molecule has 1 aliphatic heterocycles. The minimum Gasteiger partial charge on any atom is -0.508 e. The first-order valence-electron chi connectivity index (χ1n) is 17.8. The van der Waals surface area contributed by atoms with E-state index < -0.39 is 18.2 Å². The average molecular weight is 694 g/mol. The molecule has 8 heteroatoms. The van der Waals surface area contributed by atoms with Crippen LogP contribution in [0.2, 0.25) is 0 Å². The number of amides is 3. The van der Waals surface area contributed by atoms with Crippen molar-refractivity contribution >= 4 is 17.9 Å². The molecule has 0 unspecified atom stereocenters. The van der Waals surface area contributed by atoms with Crippen LogP contribution in [0, 0.1) is 13.8 Å². The van der Waals surface area contributed by atoms with Crippen LogP contribution in [0.15, 0.2) is 115 Å². The maximum absolute atomic E-state index is 14.3.